The van der Waals surface area contributed by atoms with Gasteiger partial charge in [0.05, 0.1) is 13.2 Å². The van der Waals surface area contributed by atoms with Gasteiger partial charge < -0.3 is 25.1 Å². The predicted octanol–water partition coefficient (Wildman–Crippen LogP) is 1.20. The fourth-order valence-corrected chi connectivity index (χ4v) is 3.00. The highest BCUT2D eigenvalue weighted by Crippen LogP contribution is 2.19. The molecule has 0 atom stereocenters. The first-order chi connectivity index (χ1) is 14.4. The van der Waals surface area contributed by atoms with Gasteiger partial charge in [-0.3, -0.25) is 4.57 Å². The topological polar surface area (TPSA) is 128 Å². The Morgan fingerprint density at radius 1 is 1.23 bits per heavy atom. The smallest absolute Gasteiger partial charge is 0.341 e. The normalized spacial score (nSPS) is 11.2. The Balaban J connectivity index is 1.66. The van der Waals surface area contributed by atoms with Crippen LogP contribution in [0.15, 0.2) is 29.1 Å². The van der Waals surface area contributed by atoms with Crippen molar-refractivity contribution in [2.24, 2.45) is 0 Å². The van der Waals surface area contributed by atoms with E-state index in [4.69, 9.17) is 15.2 Å². The van der Waals surface area contributed by atoms with Gasteiger partial charge in [0, 0.05) is 6.54 Å². The lowest BCUT2D eigenvalue weighted by atomic mass is 10.2. The van der Waals surface area contributed by atoms with E-state index in [1.807, 2.05) is 19.0 Å². The van der Waals surface area contributed by atoms with Crippen LogP contribution in [0.25, 0.3) is 11.2 Å². The molecule has 3 N–H and O–H groups in total. The van der Waals surface area contributed by atoms with Crippen molar-refractivity contribution in [3.8, 4) is 5.75 Å². The molecule has 10 heteroatoms. The van der Waals surface area contributed by atoms with Crippen LogP contribution in [-0.4, -0.2) is 64.2 Å². The van der Waals surface area contributed by atoms with E-state index in [0.717, 1.165) is 13.0 Å². The Morgan fingerprint density at radius 3 is 2.77 bits per heavy atom. The van der Waals surface area contributed by atoms with Gasteiger partial charge in [0.1, 0.15) is 29.3 Å². The fraction of sp³-hybridized carbons (Fsp3) is 0.400. The molecule has 0 radical (unpaired) electrons. The molecule has 0 aliphatic carbocycles. The number of nitrogens with one attached hydrogen (secondary N) is 1. The number of hydrogen-bond acceptors (Lipinski definition) is 8. The average Bonchev–Trinajstić information content (AvgIpc) is 3.01. The minimum absolute atomic E-state index is 0.154. The van der Waals surface area contributed by atoms with Gasteiger partial charge in [-0.1, -0.05) is 12.1 Å². The first kappa shape index (κ1) is 21.3. The molecule has 0 spiro atoms. The Kier molecular flexibility index (Phi) is 6.68. The summed E-state index contributed by atoms with van der Waals surface area (Å²) in [5.74, 6) is 0.644. The Bertz CT molecular complexity index is 1090. The number of benzene rings is 1. The third kappa shape index (κ3) is 4.95. The first-order valence-electron chi connectivity index (χ1n) is 9.63. The average molecular weight is 414 g/mol. The molecule has 0 bridgehead atoms. The number of nitrogens with two attached hydrogens (primary N) is 1. The quantitative estimate of drug-likeness (QED) is 0.395. The minimum atomic E-state index is -0.440. The highest BCUT2D eigenvalue weighted by atomic mass is 16.5. The third-order valence-corrected chi connectivity index (χ3v) is 4.42. The van der Waals surface area contributed by atoms with Crippen LogP contribution in [0.1, 0.15) is 22.6 Å². The third-order valence-electron chi connectivity index (χ3n) is 4.42. The van der Waals surface area contributed by atoms with Crippen molar-refractivity contribution in [1.29, 1.82) is 0 Å². The van der Waals surface area contributed by atoms with Crippen molar-refractivity contribution in [3.63, 3.8) is 0 Å². The van der Waals surface area contributed by atoms with Gasteiger partial charge in [0.25, 0.3) is 0 Å². The summed E-state index contributed by atoms with van der Waals surface area (Å²) in [5, 5.41) is 0. The second-order valence-corrected chi connectivity index (χ2v) is 7.07. The van der Waals surface area contributed by atoms with Crippen molar-refractivity contribution >= 4 is 23.0 Å². The van der Waals surface area contributed by atoms with Gasteiger partial charge in [-0.25, -0.2) is 19.6 Å². The van der Waals surface area contributed by atoms with E-state index in [1.165, 1.54) is 4.57 Å². The molecule has 0 saturated heterocycles. The number of aryl methyl sites for hydroxylation is 1. The number of carbonyl (C=O) groups excluding carboxylic acids is 1. The Labute approximate surface area is 173 Å². The molecule has 3 aromatic rings. The number of ether oxygens (including phenoxy) is 2. The molecule has 0 unspecified atom stereocenters. The van der Waals surface area contributed by atoms with Crippen molar-refractivity contribution < 1.29 is 14.3 Å². The number of esters is 1. The largest absolute Gasteiger partial charge is 0.491 e. The number of H-pyrrole nitrogens is 1. The highest BCUT2D eigenvalue weighted by Gasteiger charge is 2.15. The molecule has 0 fully saturated rings. The summed E-state index contributed by atoms with van der Waals surface area (Å²) in [6, 6.07) is 6.86. The molecule has 2 aromatic heterocycles. The van der Waals surface area contributed by atoms with Crippen molar-refractivity contribution in [2.75, 3.05) is 39.6 Å². The van der Waals surface area contributed by atoms with E-state index in [1.54, 1.807) is 31.2 Å². The van der Waals surface area contributed by atoms with Gasteiger partial charge in [-0.15, -0.1) is 0 Å². The van der Waals surface area contributed by atoms with Gasteiger partial charge in [-0.2, -0.15) is 0 Å². The van der Waals surface area contributed by atoms with Gasteiger partial charge in [-0.05, 0) is 39.6 Å². The van der Waals surface area contributed by atoms with E-state index in [-0.39, 0.29) is 24.7 Å². The maximum absolute atomic E-state index is 12.4. The summed E-state index contributed by atoms with van der Waals surface area (Å²) in [6.07, 6.45) is 0.746. The standard InChI is InChI=1S/C20H26N6O4/c1-13-22-17(21)16-18(23-13)26(20(28)24-16)10-12-29-15-8-5-4-7-14(15)19(27)30-11-6-9-25(2)3/h4-5,7-8H,6,9-12H2,1-3H3,(H,24,28)(H2,21,22,23). The number of aromatic amines is 1. The molecule has 0 amide bonds. The lowest BCUT2D eigenvalue weighted by molar-refractivity contribution is 0.0488. The number of anilines is 1. The maximum atomic E-state index is 12.4. The summed E-state index contributed by atoms with van der Waals surface area (Å²) < 4.78 is 12.6. The number of nitrogens with zero attached hydrogens (tertiary/aromatic N) is 4. The van der Waals surface area contributed by atoms with Crippen LogP contribution in [-0.2, 0) is 11.3 Å². The van der Waals surface area contributed by atoms with Crippen LogP contribution >= 0.6 is 0 Å². The summed E-state index contributed by atoms with van der Waals surface area (Å²) in [4.78, 5) is 37.7. The number of imidazole rings is 1. The fourth-order valence-electron chi connectivity index (χ4n) is 3.00. The van der Waals surface area contributed by atoms with Crippen LogP contribution in [0.4, 0.5) is 5.82 Å². The van der Waals surface area contributed by atoms with Gasteiger partial charge in [0.15, 0.2) is 11.5 Å². The van der Waals surface area contributed by atoms with Crippen molar-refractivity contribution in [3.05, 3.63) is 46.1 Å². The van der Waals surface area contributed by atoms with Gasteiger partial charge >= 0.3 is 11.7 Å². The van der Waals surface area contributed by atoms with Crippen molar-refractivity contribution in [2.45, 2.75) is 19.9 Å². The summed E-state index contributed by atoms with van der Waals surface area (Å²) in [7, 11) is 3.93. The second-order valence-electron chi connectivity index (χ2n) is 7.07. The molecule has 10 nitrogen and oxygen atoms in total. The number of para-hydroxylation sites is 1. The van der Waals surface area contributed by atoms with E-state index in [0.29, 0.717) is 34.9 Å². The van der Waals surface area contributed by atoms with Crippen LogP contribution < -0.4 is 16.2 Å². The Morgan fingerprint density at radius 2 is 2.00 bits per heavy atom. The minimum Gasteiger partial charge on any atom is -0.491 e. The molecular weight excluding hydrogens is 388 g/mol. The predicted molar refractivity (Wildman–Crippen MR) is 113 cm³/mol. The Hall–Kier alpha value is -3.40. The van der Waals surface area contributed by atoms with E-state index < -0.39 is 5.97 Å². The summed E-state index contributed by atoms with van der Waals surface area (Å²) in [6.45, 7) is 3.24. The van der Waals surface area contributed by atoms with Crippen LogP contribution in [0.3, 0.4) is 0 Å². The second kappa shape index (κ2) is 9.40. The molecule has 0 aliphatic heterocycles. The van der Waals surface area contributed by atoms with E-state index >= 15 is 0 Å². The zero-order chi connectivity index (χ0) is 21.7. The summed E-state index contributed by atoms with van der Waals surface area (Å²) >= 11 is 0. The molecule has 3 rings (SSSR count). The zero-order valence-electron chi connectivity index (χ0n) is 17.3. The zero-order valence-corrected chi connectivity index (χ0v) is 17.3. The number of fused-ring (bicyclic) bond motifs is 1. The number of hydrogen-bond donors (Lipinski definition) is 2. The van der Waals surface area contributed by atoms with Crippen LogP contribution in [0, 0.1) is 6.92 Å². The number of nitrogen functional groups attached to an aromatic ring is 1. The summed E-state index contributed by atoms with van der Waals surface area (Å²) in [5.41, 5.74) is 6.66. The van der Waals surface area contributed by atoms with Crippen LogP contribution in [0.2, 0.25) is 0 Å². The number of aromatic nitrogens is 4. The maximum Gasteiger partial charge on any atom is 0.341 e. The number of rotatable bonds is 9. The lowest BCUT2D eigenvalue weighted by Gasteiger charge is -2.12. The first-order valence-corrected chi connectivity index (χ1v) is 9.63. The molecular formula is C20H26N6O4. The SMILES string of the molecule is Cc1nc(N)c2[nH]c(=O)n(CCOc3ccccc3C(=O)OCCCN(C)C)c2n1. The highest BCUT2D eigenvalue weighted by molar-refractivity contribution is 5.92. The van der Waals surface area contributed by atoms with Crippen LogP contribution in [0.5, 0.6) is 5.75 Å². The van der Waals surface area contributed by atoms with E-state index in [2.05, 4.69) is 15.0 Å². The number of carbonyl (C=O) groups is 1. The molecule has 1 aromatic carbocycles. The molecule has 2 heterocycles. The molecule has 30 heavy (non-hydrogen) atoms. The molecule has 0 saturated carbocycles. The van der Waals surface area contributed by atoms with Gasteiger partial charge in [0.2, 0.25) is 0 Å². The lowest BCUT2D eigenvalue weighted by Crippen LogP contribution is -2.21. The van der Waals surface area contributed by atoms with Crippen molar-refractivity contribution in [1.82, 2.24) is 24.4 Å². The molecule has 0 aliphatic rings. The molecule has 160 valence electrons. The monoisotopic (exact) mass is 414 g/mol. The van der Waals surface area contributed by atoms with E-state index in [9.17, 15) is 9.59 Å².